The van der Waals surface area contributed by atoms with Crippen LogP contribution in [-0.4, -0.2) is 62.8 Å². The first-order chi connectivity index (χ1) is 10.9. The maximum Gasteiger partial charge on any atom is 0.243 e. The van der Waals surface area contributed by atoms with Crippen LogP contribution in [0.5, 0.6) is 5.75 Å². The lowest BCUT2D eigenvalue weighted by Gasteiger charge is -2.33. The van der Waals surface area contributed by atoms with E-state index in [4.69, 9.17) is 15.9 Å². The molecule has 0 saturated carbocycles. The maximum absolute atomic E-state index is 12.8. The highest BCUT2D eigenvalue weighted by Crippen LogP contribution is 2.25. The van der Waals surface area contributed by atoms with Crippen molar-refractivity contribution in [3.63, 3.8) is 0 Å². The van der Waals surface area contributed by atoms with Crippen molar-refractivity contribution in [1.29, 1.82) is 5.41 Å². The molecule has 0 radical (unpaired) electrons. The Kier molecular flexibility index (Phi) is 7.47. The molecule has 0 aliphatic carbocycles. The number of piperazine rings is 1. The third-order valence-corrected chi connectivity index (χ3v) is 5.85. The van der Waals surface area contributed by atoms with Gasteiger partial charge in [-0.1, -0.05) is 6.92 Å². The highest BCUT2D eigenvalue weighted by Gasteiger charge is 2.28. The lowest BCUT2D eigenvalue weighted by Crippen LogP contribution is -2.48. The van der Waals surface area contributed by atoms with Gasteiger partial charge in [-0.25, -0.2) is 8.42 Å². The summed E-state index contributed by atoms with van der Waals surface area (Å²) in [6.45, 7) is 7.63. The number of hydrogen-bond donors (Lipinski definition) is 2. The molecular weight excluding hydrogens is 352 g/mol. The first-order valence-corrected chi connectivity index (χ1v) is 9.17. The molecule has 0 amide bonds. The largest absolute Gasteiger partial charge is 0.493 e. The summed E-state index contributed by atoms with van der Waals surface area (Å²) in [4.78, 5) is 2.36. The molecule has 0 unspecified atom stereocenters. The van der Waals surface area contributed by atoms with Gasteiger partial charge in [0, 0.05) is 26.2 Å². The SMILES string of the molecule is CCOc1ccc(S(=O)(=O)N2CCN(CC)CC2)cc1C(=N)N.Cl. The van der Waals surface area contributed by atoms with Crippen molar-refractivity contribution in [3.8, 4) is 5.75 Å². The Hall–Kier alpha value is -1.35. The smallest absolute Gasteiger partial charge is 0.243 e. The Bertz CT molecular complexity index is 673. The second-order valence-electron chi connectivity index (χ2n) is 5.34. The van der Waals surface area contributed by atoms with Gasteiger partial charge < -0.3 is 15.4 Å². The van der Waals surface area contributed by atoms with E-state index in [-0.39, 0.29) is 23.1 Å². The number of ether oxygens (including phenoxy) is 1. The summed E-state index contributed by atoms with van der Waals surface area (Å²) in [5, 5.41) is 7.63. The van der Waals surface area contributed by atoms with Crippen LogP contribution in [0.3, 0.4) is 0 Å². The molecule has 7 nitrogen and oxygen atoms in total. The van der Waals surface area contributed by atoms with Crippen molar-refractivity contribution in [2.75, 3.05) is 39.3 Å². The van der Waals surface area contributed by atoms with Crippen LogP contribution >= 0.6 is 12.4 Å². The first kappa shape index (κ1) is 20.7. The summed E-state index contributed by atoms with van der Waals surface area (Å²) in [5.41, 5.74) is 5.87. The lowest BCUT2D eigenvalue weighted by atomic mass is 10.2. The molecule has 1 aliphatic rings. The summed E-state index contributed by atoms with van der Waals surface area (Å²) < 4.78 is 32.5. The number of rotatable bonds is 6. The minimum atomic E-state index is -3.58. The fourth-order valence-corrected chi connectivity index (χ4v) is 4.05. The number of nitrogens with zero attached hydrogens (tertiary/aromatic N) is 2. The van der Waals surface area contributed by atoms with Crippen molar-refractivity contribution >= 4 is 28.3 Å². The predicted octanol–water partition coefficient (Wildman–Crippen LogP) is 1.12. The highest BCUT2D eigenvalue weighted by molar-refractivity contribution is 7.89. The topological polar surface area (TPSA) is 99.7 Å². The molecule has 1 fully saturated rings. The standard InChI is InChI=1S/C15H24N4O3S.ClH/c1-3-18-7-9-19(10-8-18)23(20,21)12-5-6-14(22-4-2)13(11-12)15(16)17;/h5-6,11H,3-4,7-10H2,1-2H3,(H3,16,17);1H. The van der Waals surface area contributed by atoms with E-state index in [1.807, 2.05) is 6.92 Å². The normalized spacial score (nSPS) is 16.4. The first-order valence-electron chi connectivity index (χ1n) is 7.73. The number of benzene rings is 1. The van der Waals surface area contributed by atoms with Crippen LogP contribution in [-0.2, 0) is 10.0 Å². The summed E-state index contributed by atoms with van der Waals surface area (Å²) in [6.07, 6.45) is 0. The van der Waals surface area contributed by atoms with Gasteiger partial charge in [0.05, 0.1) is 17.1 Å². The van der Waals surface area contributed by atoms with Crippen LogP contribution < -0.4 is 10.5 Å². The molecular formula is C15H25ClN4O3S. The number of sulfonamides is 1. The Morgan fingerprint density at radius 3 is 2.38 bits per heavy atom. The predicted molar refractivity (Wildman–Crippen MR) is 96.7 cm³/mol. The van der Waals surface area contributed by atoms with E-state index in [0.717, 1.165) is 19.6 Å². The number of likely N-dealkylation sites (N-methyl/N-ethyl adjacent to an activating group) is 1. The molecule has 1 aromatic carbocycles. The van der Waals surface area contributed by atoms with Crippen molar-refractivity contribution in [1.82, 2.24) is 9.21 Å². The molecule has 24 heavy (non-hydrogen) atoms. The van der Waals surface area contributed by atoms with Crippen molar-refractivity contribution in [2.24, 2.45) is 5.73 Å². The van der Waals surface area contributed by atoms with Gasteiger partial charge in [-0.3, -0.25) is 5.41 Å². The van der Waals surface area contributed by atoms with E-state index in [1.165, 1.54) is 16.4 Å². The molecule has 1 saturated heterocycles. The van der Waals surface area contributed by atoms with Crippen molar-refractivity contribution in [2.45, 2.75) is 18.7 Å². The van der Waals surface area contributed by atoms with Gasteiger partial charge in [-0.15, -0.1) is 12.4 Å². The number of amidine groups is 1. The fraction of sp³-hybridized carbons (Fsp3) is 0.533. The number of nitrogen functional groups attached to an aromatic ring is 1. The summed E-state index contributed by atoms with van der Waals surface area (Å²) in [5.74, 6) is 0.219. The van der Waals surface area contributed by atoms with E-state index in [9.17, 15) is 8.42 Å². The monoisotopic (exact) mass is 376 g/mol. The van der Waals surface area contributed by atoms with Crippen molar-refractivity contribution < 1.29 is 13.2 Å². The van der Waals surface area contributed by atoms with Gasteiger partial charge >= 0.3 is 0 Å². The minimum absolute atomic E-state index is 0. The molecule has 1 aliphatic heterocycles. The van der Waals surface area contributed by atoms with E-state index in [1.54, 1.807) is 6.07 Å². The zero-order valence-electron chi connectivity index (χ0n) is 14.0. The van der Waals surface area contributed by atoms with E-state index < -0.39 is 10.0 Å². The quantitative estimate of drug-likeness (QED) is 0.572. The molecule has 3 N–H and O–H groups in total. The molecule has 136 valence electrons. The number of nitrogens with two attached hydrogens (primary N) is 1. The highest BCUT2D eigenvalue weighted by atomic mass is 35.5. The second-order valence-corrected chi connectivity index (χ2v) is 7.28. The number of nitrogens with one attached hydrogen (secondary N) is 1. The molecule has 0 aromatic heterocycles. The molecule has 2 rings (SSSR count). The second kappa shape index (κ2) is 8.66. The summed E-state index contributed by atoms with van der Waals surface area (Å²) in [6, 6.07) is 4.50. The fourth-order valence-electron chi connectivity index (χ4n) is 2.60. The van der Waals surface area contributed by atoms with Gasteiger partial charge in [0.15, 0.2) is 0 Å². The minimum Gasteiger partial charge on any atom is -0.493 e. The summed E-state index contributed by atoms with van der Waals surface area (Å²) in [7, 11) is -3.58. The molecule has 9 heteroatoms. The van der Waals surface area contributed by atoms with Gasteiger partial charge in [-0.05, 0) is 31.7 Å². The van der Waals surface area contributed by atoms with E-state index in [2.05, 4.69) is 11.8 Å². The van der Waals surface area contributed by atoms with Gasteiger partial charge in [0.2, 0.25) is 10.0 Å². The third kappa shape index (κ3) is 4.38. The van der Waals surface area contributed by atoms with Gasteiger partial charge in [-0.2, -0.15) is 4.31 Å². The van der Waals surface area contributed by atoms with Crippen LogP contribution in [0.25, 0.3) is 0 Å². The average Bonchev–Trinajstić information content (AvgIpc) is 2.55. The number of hydrogen-bond acceptors (Lipinski definition) is 5. The lowest BCUT2D eigenvalue weighted by molar-refractivity contribution is 0.196. The zero-order valence-corrected chi connectivity index (χ0v) is 15.6. The van der Waals surface area contributed by atoms with E-state index in [0.29, 0.717) is 31.0 Å². The van der Waals surface area contributed by atoms with Crippen LogP contribution in [0.1, 0.15) is 19.4 Å². The van der Waals surface area contributed by atoms with Crippen LogP contribution in [0, 0.1) is 5.41 Å². The third-order valence-electron chi connectivity index (χ3n) is 3.96. The summed E-state index contributed by atoms with van der Waals surface area (Å²) >= 11 is 0. The van der Waals surface area contributed by atoms with Crippen LogP contribution in [0.15, 0.2) is 23.1 Å². The molecule has 0 spiro atoms. The molecule has 0 atom stereocenters. The number of halogens is 1. The van der Waals surface area contributed by atoms with Crippen molar-refractivity contribution in [3.05, 3.63) is 23.8 Å². The molecule has 1 aromatic rings. The van der Waals surface area contributed by atoms with Crippen LogP contribution in [0.4, 0.5) is 0 Å². The molecule has 0 bridgehead atoms. The molecule has 1 heterocycles. The Morgan fingerprint density at radius 1 is 1.25 bits per heavy atom. The Morgan fingerprint density at radius 2 is 1.88 bits per heavy atom. The van der Waals surface area contributed by atoms with Gasteiger partial charge in [0.1, 0.15) is 11.6 Å². The zero-order chi connectivity index (χ0) is 17.0. The Labute approximate surface area is 149 Å². The maximum atomic E-state index is 12.8. The Balaban J connectivity index is 0.00000288. The van der Waals surface area contributed by atoms with Gasteiger partial charge in [0.25, 0.3) is 0 Å². The van der Waals surface area contributed by atoms with Crippen LogP contribution in [0.2, 0.25) is 0 Å². The average molecular weight is 377 g/mol. The van der Waals surface area contributed by atoms with E-state index >= 15 is 0 Å².